The van der Waals surface area contributed by atoms with E-state index in [-0.39, 0.29) is 17.9 Å². The second-order valence-corrected chi connectivity index (χ2v) is 7.37. The first kappa shape index (κ1) is 16.4. The van der Waals surface area contributed by atoms with Gasteiger partial charge >= 0.3 is 0 Å². The van der Waals surface area contributed by atoms with Crippen LogP contribution in [0, 0.1) is 0 Å². The molecule has 3 N–H and O–H groups in total. The maximum Gasteiger partial charge on any atom is 0.266 e. The third-order valence-electron chi connectivity index (χ3n) is 4.42. The van der Waals surface area contributed by atoms with E-state index in [4.69, 9.17) is 4.74 Å². The highest BCUT2D eigenvalue weighted by molar-refractivity contribution is 7.22. The van der Waals surface area contributed by atoms with Gasteiger partial charge in [-0.3, -0.25) is 9.89 Å². The maximum atomic E-state index is 14.3. The van der Waals surface area contributed by atoms with Gasteiger partial charge in [0, 0.05) is 42.0 Å². The number of rotatable bonds is 3. The molecule has 25 heavy (non-hydrogen) atoms. The summed E-state index contributed by atoms with van der Waals surface area (Å²) in [4.78, 5) is 15.8. The van der Waals surface area contributed by atoms with Crippen LogP contribution in [0.25, 0.3) is 20.5 Å². The first-order valence-electron chi connectivity index (χ1n) is 7.60. The minimum atomic E-state index is -3.09. The van der Waals surface area contributed by atoms with Crippen molar-refractivity contribution >= 4 is 21.4 Å². The molecular weight excluding hydrogens is 352 g/mol. The topological polar surface area (TPSA) is 91.0 Å². The fraction of sp³-hybridized carbons (Fsp3) is 0.375. The molecule has 0 bridgehead atoms. The van der Waals surface area contributed by atoms with Gasteiger partial charge in [-0.1, -0.05) is 0 Å². The molecule has 3 aromatic rings. The molecule has 1 aliphatic rings. The van der Waals surface area contributed by atoms with Crippen LogP contribution in [-0.4, -0.2) is 39.9 Å². The number of hydrogen-bond acceptors (Lipinski definition) is 5. The first-order valence-corrected chi connectivity index (χ1v) is 8.42. The van der Waals surface area contributed by atoms with Gasteiger partial charge in [-0.2, -0.15) is 5.10 Å². The SMILES string of the molecule is COCC1(O)CC(F)(F)Cc2c1[nH]c(=O)c1sc(-c3cn[nH]c3)cc21. The highest BCUT2D eigenvalue weighted by Gasteiger charge is 2.49. The molecule has 9 heteroatoms. The summed E-state index contributed by atoms with van der Waals surface area (Å²) in [5, 5.41) is 17.7. The van der Waals surface area contributed by atoms with E-state index >= 15 is 0 Å². The Bertz CT molecular complexity index is 996. The second-order valence-electron chi connectivity index (χ2n) is 6.32. The van der Waals surface area contributed by atoms with Crippen molar-refractivity contribution in [1.29, 1.82) is 0 Å². The Kier molecular flexibility index (Phi) is 3.57. The third-order valence-corrected chi connectivity index (χ3v) is 5.60. The summed E-state index contributed by atoms with van der Waals surface area (Å²) in [6.45, 7) is -0.324. The molecule has 6 nitrogen and oxygen atoms in total. The van der Waals surface area contributed by atoms with E-state index in [0.29, 0.717) is 10.1 Å². The van der Waals surface area contributed by atoms with Gasteiger partial charge in [0.05, 0.1) is 18.5 Å². The number of aromatic nitrogens is 3. The Labute approximate surface area is 144 Å². The molecular formula is C16H15F2N3O3S. The van der Waals surface area contributed by atoms with Crippen LogP contribution in [0.3, 0.4) is 0 Å². The molecule has 0 saturated carbocycles. The lowest BCUT2D eigenvalue weighted by Gasteiger charge is -2.37. The number of ether oxygens (including phenoxy) is 1. The molecule has 0 amide bonds. The summed E-state index contributed by atoms with van der Waals surface area (Å²) in [6.07, 6.45) is 1.94. The van der Waals surface area contributed by atoms with E-state index < -0.39 is 29.9 Å². The standard InChI is InChI=1S/C16H15F2N3O3S/c1-24-7-15(23)6-16(17,18)3-10-9-2-11(8-4-19-20-5-8)25-12(9)14(22)21-13(10)15/h2,4-5,23H,3,6-7H2,1H3,(H,19,20)(H,21,22). The van der Waals surface area contributed by atoms with Gasteiger partial charge in [0.2, 0.25) is 0 Å². The lowest BCUT2D eigenvalue weighted by Crippen LogP contribution is -2.45. The smallest absolute Gasteiger partial charge is 0.266 e. The quantitative estimate of drug-likeness (QED) is 0.663. The Morgan fingerprint density at radius 3 is 2.96 bits per heavy atom. The van der Waals surface area contributed by atoms with Crippen molar-refractivity contribution in [2.45, 2.75) is 24.4 Å². The van der Waals surface area contributed by atoms with Crippen molar-refractivity contribution in [2.75, 3.05) is 13.7 Å². The van der Waals surface area contributed by atoms with Crippen molar-refractivity contribution in [3.05, 3.63) is 40.1 Å². The van der Waals surface area contributed by atoms with Gasteiger partial charge in [0.1, 0.15) is 10.3 Å². The average Bonchev–Trinajstić information content (AvgIpc) is 3.16. The van der Waals surface area contributed by atoms with Gasteiger partial charge in [0.15, 0.2) is 0 Å². The van der Waals surface area contributed by atoms with E-state index in [9.17, 15) is 18.7 Å². The number of hydrogen-bond donors (Lipinski definition) is 3. The third kappa shape index (κ3) is 2.59. The fourth-order valence-electron chi connectivity index (χ4n) is 3.47. The van der Waals surface area contributed by atoms with Crippen molar-refractivity contribution in [3.8, 4) is 10.4 Å². The molecule has 3 heterocycles. The summed E-state index contributed by atoms with van der Waals surface area (Å²) in [6, 6.07) is 1.70. The first-order chi connectivity index (χ1) is 11.8. The van der Waals surface area contributed by atoms with Crippen LogP contribution in [0.5, 0.6) is 0 Å². The van der Waals surface area contributed by atoms with E-state index in [1.807, 2.05) is 0 Å². The number of pyridine rings is 1. The second kappa shape index (κ2) is 5.45. The number of halogens is 2. The molecule has 1 aliphatic carbocycles. The highest BCUT2D eigenvalue weighted by atomic mass is 32.1. The zero-order valence-corrected chi connectivity index (χ0v) is 14.0. The summed E-state index contributed by atoms with van der Waals surface area (Å²) < 4.78 is 33.9. The van der Waals surface area contributed by atoms with Crippen molar-refractivity contribution in [3.63, 3.8) is 0 Å². The van der Waals surface area contributed by atoms with Crippen LogP contribution in [-0.2, 0) is 16.8 Å². The fourth-order valence-corrected chi connectivity index (χ4v) is 4.53. The predicted molar refractivity (Wildman–Crippen MR) is 89.1 cm³/mol. The van der Waals surface area contributed by atoms with Gasteiger partial charge in [-0.15, -0.1) is 11.3 Å². The monoisotopic (exact) mass is 367 g/mol. The van der Waals surface area contributed by atoms with Crippen LogP contribution < -0.4 is 5.56 Å². The van der Waals surface area contributed by atoms with Crippen LogP contribution in [0.1, 0.15) is 17.7 Å². The highest BCUT2D eigenvalue weighted by Crippen LogP contribution is 2.45. The minimum absolute atomic E-state index is 0.120. The van der Waals surface area contributed by atoms with E-state index in [1.54, 1.807) is 18.5 Å². The largest absolute Gasteiger partial charge is 0.381 e. The summed E-state index contributed by atoms with van der Waals surface area (Å²) in [5.41, 5.74) is -1.19. The molecule has 3 aromatic heterocycles. The zero-order chi connectivity index (χ0) is 17.8. The van der Waals surface area contributed by atoms with E-state index in [1.165, 1.54) is 18.4 Å². The number of nitrogens with zero attached hydrogens (tertiary/aromatic N) is 1. The maximum absolute atomic E-state index is 14.3. The molecule has 1 unspecified atom stereocenters. The summed E-state index contributed by atoms with van der Waals surface area (Å²) >= 11 is 1.21. The summed E-state index contributed by atoms with van der Waals surface area (Å²) in [5.74, 6) is -3.09. The van der Waals surface area contributed by atoms with Crippen molar-refractivity contribution in [1.82, 2.24) is 15.2 Å². The number of methoxy groups -OCH3 is 1. The van der Waals surface area contributed by atoms with E-state index in [2.05, 4.69) is 15.2 Å². The van der Waals surface area contributed by atoms with E-state index in [0.717, 1.165) is 10.4 Å². The number of fused-ring (bicyclic) bond motifs is 3. The molecule has 0 aromatic carbocycles. The summed E-state index contributed by atoms with van der Waals surface area (Å²) in [7, 11) is 1.32. The molecule has 4 rings (SSSR count). The Morgan fingerprint density at radius 2 is 2.28 bits per heavy atom. The molecule has 0 radical (unpaired) electrons. The lowest BCUT2D eigenvalue weighted by molar-refractivity contribution is -0.131. The number of H-pyrrole nitrogens is 2. The van der Waals surface area contributed by atoms with Crippen LogP contribution in [0.2, 0.25) is 0 Å². The normalized spacial score (nSPS) is 22.2. The van der Waals surface area contributed by atoms with Crippen LogP contribution >= 0.6 is 11.3 Å². The molecule has 0 spiro atoms. The number of nitrogens with one attached hydrogen (secondary N) is 2. The van der Waals surface area contributed by atoms with Gasteiger partial charge < -0.3 is 14.8 Å². The van der Waals surface area contributed by atoms with Crippen molar-refractivity contribution < 1.29 is 18.6 Å². The van der Waals surface area contributed by atoms with Gasteiger partial charge in [-0.05, 0) is 11.6 Å². The number of thiophene rings is 1. The Morgan fingerprint density at radius 1 is 1.48 bits per heavy atom. The molecule has 1 atom stereocenters. The van der Waals surface area contributed by atoms with Gasteiger partial charge in [-0.25, -0.2) is 8.78 Å². The minimum Gasteiger partial charge on any atom is -0.381 e. The van der Waals surface area contributed by atoms with Gasteiger partial charge in [0.25, 0.3) is 11.5 Å². The number of alkyl halides is 2. The lowest BCUT2D eigenvalue weighted by atomic mass is 9.80. The zero-order valence-electron chi connectivity index (χ0n) is 13.2. The van der Waals surface area contributed by atoms with Crippen LogP contribution in [0.4, 0.5) is 8.78 Å². The predicted octanol–water partition coefficient (Wildman–Crippen LogP) is 2.40. The Hall–Kier alpha value is -2.10. The molecule has 0 aliphatic heterocycles. The molecule has 0 fully saturated rings. The Balaban J connectivity index is 2.00. The molecule has 0 saturated heterocycles. The van der Waals surface area contributed by atoms with Crippen LogP contribution in [0.15, 0.2) is 23.3 Å². The van der Waals surface area contributed by atoms with Crippen molar-refractivity contribution in [2.24, 2.45) is 0 Å². The molecule has 132 valence electrons. The number of aliphatic hydroxyl groups is 1. The number of aromatic amines is 2. The average molecular weight is 367 g/mol.